The molecule has 0 amide bonds. The Labute approximate surface area is 126 Å². The molecule has 2 atom stereocenters. The topological polar surface area (TPSA) is 59.1 Å². The molecular formula is C14H21ClN2O2S. The Morgan fingerprint density at radius 2 is 2.10 bits per heavy atom. The summed E-state index contributed by atoms with van der Waals surface area (Å²) in [5.74, 6) is 0.859. The highest BCUT2D eigenvalue weighted by atomic mass is 35.5. The van der Waals surface area contributed by atoms with Gasteiger partial charge in [-0.3, -0.25) is 4.98 Å². The standard InChI is InChI=1S/C14H21ClN2O2S/c15-11-12-5-1-2-7-14(12)17-20(18,19)10-8-13-6-3-4-9-16-13/h3-4,6,9,12,14,17H,1-2,5,7-8,10-11H2. The largest absolute Gasteiger partial charge is 0.261 e. The first kappa shape index (κ1) is 15.7. The molecule has 2 rings (SSSR count). The van der Waals surface area contributed by atoms with Crippen LogP contribution in [0.2, 0.25) is 0 Å². The van der Waals surface area contributed by atoms with Crippen molar-refractivity contribution in [2.75, 3.05) is 11.6 Å². The van der Waals surface area contributed by atoms with E-state index in [9.17, 15) is 8.42 Å². The van der Waals surface area contributed by atoms with E-state index >= 15 is 0 Å². The van der Waals surface area contributed by atoms with Crippen molar-refractivity contribution < 1.29 is 8.42 Å². The number of aromatic nitrogens is 1. The molecular weight excluding hydrogens is 296 g/mol. The second kappa shape index (κ2) is 7.38. The molecule has 1 fully saturated rings. The Kier molecular flexibility index (Phi) is 5.81. The smallest absolute Gasteiger partial charge is 0.212 e. The lowest BCUT2D eigenvalue weighted by Crippen LogP contribution is -2.43. The summed E-state index contributed by atoms with van der Waals surface area (Å²) in [5, 5.41) is 0. The minimum absolute atomic E-state index is 0.00465. The van der Waals surface area contributed by atoms with E-state index in [2.05, 4.69) is 9.71 Å². The number of pyridine rings is 1. The lowest BCUT2D eigenvalue weighted by Gasteiger charge is -2.30. The van der Waals surface area contributed by atoms with Gasteiger partial charge in [0.25, 0.3) is 0 Å². The van der Waals surface area contributed by atoms with Crippen LogP contribution in [0.4, 0.5) is 0 Å². The van der Waals surface area contributed by atoms with Gasteiger partial charge in [-0.2, -0.15) is 0 Å². The van der Waals surface area contributed by atoms with Gasteiger partial charge in [0, 0.05) is 30.2 Å². The van der Waals surface area contributed by atoms with E-state index < -0.39 is 10.0 Å². The third-order valence-corrected chi connectivity index (χ3v) is 5.59. The zero-order valence-corrected chi connectivity index (χ0v) is 13.0. The quantitative estimate of drug-likeness (QED) is 0.820. The maximum atomic E-state index is 12.2. The first-order chi connectivity index (χ1) is 9.61. The number of hydrogen-bond donors (Lipinski definition) is 1. The fraction of sp³-hybridized carbons (Fsp3) is 0.643. The number of rotatable bonds is 6. The van der Waals surface area contributed by atoms with Gasteiger partial charge in [-0.1, -0.05) is 18.9 Å². The Morgan fingerprint density at radius 3 is 2.80 bits per heavy atom. The van der Waals surface area contributed by atoms with Crippen molar-refractivity contribution in [3.8, 4) is 0 Å². The number of hydrogen-bond acceptors (Lipinski definition) is 3. The van der Waals surface area contributed by atoms with Gasteiger partial charge in [-0.05, 0) is 30.9 Å². The highest BCUT2D eigenvalue weighted by Gasteiger charge is 2.27. The van der Waals surface area contributed by atoms with Gasteiger partial charge in [0.15, 0.2) is 0 Å². The first-order valence-electron chi connectivity index (χ1n) is 7.06. The van der Waals surface area contributed by atoms with Crippen molar-refractivity contribution in [3.63, 3.8) is 0 Å². The predicted molar refractivity (Wildman–Crippen MR) is 81.3 cm³/mol. The van der Waals surface area contributed by atoms with Crippen LogP contribution in [0.1, 0.15) is 31.4 Å². The molecule has 6 heteroatoms. The monoisotopic (exact) mass is 316 g/mol. The Balaban J connectivity index is 1.90. The van der Waals surface area contributed by atoms with Gasteiger partial charge in [0.2, 0.25) is 10.0 Å². The van der Waals surface area contributed by atoms with Crippen molar-refractivity contribution in [2.24, 2.45) is 5.92 Å². The molecule has 1 heterocycles. The van der Waals surface area contributed by atoms with E-state index in [0.717, 1.165) is 31.4 Å². The molecule has 0 aromatic carbocycles. The number of aryl methyl sites for hydroxylation is 1. The van der Waals surface area contributed by atoms with Crippen LogP contribution in [-0.2, 0) is 16.4 Å². The maximum Gasteiger partial charge on any atom is 0.212 e. The highest BCUT2D eigenvalue weighted by Crippen LogP contribution is 2.25. The second-order valence-electron chi connectivity index (χ2n) is 5.31. The first-order valence-corrected chi connectivity index (χ1v) is 9.25. The summed E-state index contributed by atoms with van der Waals surface area (Å²) in [4.78, 5) is 4.15. The summed E-state index contributed by atoms with van der Waals surface area (Å²) >= 11 is 5.93. The summed E-state index contributed by atoms with van der Waals surface area (Å²) in [6.45, 7) is 0. The van der Waals surface area contributed by atoms with Gasteiger partial charge in [0.1, 0.15) is 0 Å². The summed E-state index contributed by atoms with van der Waals surface area (Å²) in [7, 11) is -3.27. The summed E-state index contributed by atoms with van der Waals surface area (Å²) in [6.07, 6.45) is 6.23. The fourth-order valence-electron chi connectivity index (χ4n) is 2.62. The zero-order chi connectivity index (χ0) is 14.4. The van der Waals surface area contributed by atoms with E-state index in [4.69, 9.17) is 11.6 Å². The van der Waals surface area contributed by atoms with E-state index in [-0.39, 0.29) is 17.7 Å². The SMILES string of the molecule is O=S(=O)(CCc1ccccn1)NC1CCCCC1CCl. The van der Waals surface area contributed by atoms with Gasteiger partial charge < -0.3 is 0 Å². The third-order valence-electron chi connectivity index (χ3n) is 3.79. The number of halogens is 1. The van der Waals surface area contributed by atoms with Crippen LogP contribution in [0, 0.1) is 5.92 Å². The minimum Gasteiger partial charge on any atom is -0.261 e. The molecule has 1 N–H and O–H groups in total. The molecule has 112 valence electrons. The number of alkyl halides is 1. The van der Waals surface area contributed by atoms with E-state index in [0.29, 0.717) is 12.3 Å². The summed E-state index contributed by atoms with van der Waals surface area (Å²) in [5.41, 5.74) is 0.801. The van der Waals surface area contributed by atoms with Crippen LogP contribution in [-0.4, -0.2) is 31.1 Å². The molecule has 1 aliphatic rings. The van der Waals surface area contributed by atoms with Crippen LogP contribution < -0.4 is 4.72 Å². The molecule has 20 heavy (non-hydrogen) atoms. The molecule has 4 nitrogen and oxygen atoms in total. The summed E-state index contributed by atoms with van der Waals surface area (Å²) < 4.78 is 27.1. The van der Waals surface area contributed by atoms with Crippen molar-refractivity contribution >= 4 is 21.6 Å². The van der Waals surface area contributed by atoms with Crippen LogP contribution in [0.25, 0.3) is 0 Å². The molecule has 0 spiro atoms. The average Bonchev–Trinajstić information content (AvgIpc) is 2.47. The fourth-order valence-corrected chi connectivity index (χ4v) is 4.36. The van der Waals surface area contributed by atoms with E-state index in [1.807, 2.05) is 18.2 Å². The Bertz CT molecular complexity index is 507. The van der Waals surface area contributed by atoms with Gasteiger partial charge >= 0.3 is 0 Å². The highest BCUT2D eigenvalue weighted by molar-refractivity contribution is 7.89. The molecule has 0 saturated heterocycles. The molecule has 1 aliphatic carbocycles. The molecule has 2 unspecified atom stereocenters. The van der Waals surface area contributed by atoms with Crippen LogP contribution in [0.15, 0.2) is 24.4 Å². The normalized spacial score (nSPS) is 23.6. The van der Waals surface area contributed by atoms with Crippen molar-refractivity contribution in [1.82, 2.24) is 9.71 Å². The lowest BCUT2D eigenvalue weighted by atomic mass is 9.86. The second-order valence-corrected chi connectivity index (χ2v) is 7.50. The van der Waals surface area contributed by atoms with Crippen LogP contribution >= 0.6 is 11.6 Å². The average molecular weight is 317 g/mol. The Hall–Kier alpha value is -0.650. The van der Waals surface area contributed by atoms with Gasteiger partial charge in [0.05, 0.1) is 5.75 Å². The Morgan fingerprint density at radius 1 is 1.30 bits per heavy atom. The number of nitrogens with one attached hydrogen (secondary N) is 1. The number of sulfonamides is 1. The summed E-state index contributed by atoms with van der Waals surface area (Å²) in [6, 6.07) is 5.53. The van der Waals surface area contributed by atoms with Crippen molar-refractivity contribution in [1.29, 1.82) is 0 Å². The van der Waals surface area contributed by atoms with Crippen LogP contribution in [0.5, 0.6) is 0 Å². The van der Waals surface area contributed by atoms with E-state index in [1.165, 1.54) is 0 Å². The van der Waals surface area contributed by atoms with Gasteiger partial charge in [-0.25, -0.2) is 13.1 Å². The zero-order valence-electron chi connectivity index (χ0n) is 11.5. The predicted octanol–water partition coefficient (Wildman–Crippen LogP) is 2.34. The third kappa shape index (κ3) is 4.72. The molecule has 1 aromatic rings. The lowest BCUT2D eigenvalue weighted by molar-refractivity contribution is 0.314. The minimum atomic E-state index is -3.27. The van der Waals surface area contributed by atoms with Crippen molar-refractivity contribution in [3.05, 3.63) is 30.1 Å². The molecule has 1 saturated carbocycles. The molecule has 0 radical (unpaired) electrons. The maximum absolute atomic E-state index is 12.2. The molecule has 0 bridgehead atoms. The van der Waals surface area contributed by atoms with E-state index in [1.54, 1.807) is 6.20 Å². The number of nitrogens with zero attached hydrogens (tertiary/aromatic N) is 1. The molecule has 1 aromatic heterocycles. The van der Waals surface area contributed by atoms with Gasteiger partial charge in [-0.15, -0.1) is 11.6 Å². The van der Waals surface area contributed by atoms with Crippen molar-refractivity contribution in [2.45, 2.75) is 38.1 Å². The van der Waals surface area contributed by atoms with Crippen LogP contribution in [0.3, 0.4) is 0 Å². The molecule has 0 aliphatic heterocycles.